The first kappa shape index (κ1) is 36.6. The third kappa shape index (κ3) is 5.64. The Labute approximate surface area is 375 Å². The van der Waals surface area contributed by atoms with Crippen LogP contribution in [0.4, 0.5) is 0 Å². The summed E-state index contributed by atoms with van der Waals surface area (Å²) < 4.78 is 0. The van der Waals surface area contributed by atoms with E-state index in [9.17, 15) is 0 Å². The maximum atomic E-state index is 5.47. The molecule has 9 aromatic carbocycles. The van der Waals surface area contributed by atoms with E-state index in [0.29, 0.717) is 17.5 Å². The van der Waals surface area contributed by atoms with Gasteiger partial charge in [0, 0.05) is 42.8 Å². The van der Waals surface area contributed by atoms with Crippen molar-refractivity contribution in [3.63, 3.8) is 0 Å². The number of benzene rings is 9. The van der Waals surface area contributed by atoms with Crippen LogP contribution < -0.4 is 0 Å². The first-order valence-electron chi connectivity index (χ1n) is 21.6. The number of aromatic nitrogens is 4. The molecule has 2 aromatic heterocycles. The molecule has 5 heteroatoms. The Morgan fingerprint density at radius 2 is 0.797 bits per heavy atom. The topological polar surface area (TPSA) is 51.6 Å². The molecule has 1 aliphatic carbocycles. The highest BCUT2D eigenvalue weighted by molar-refractivity contribution is 7.99. The third-order valence-electron chi connectivity index (χ3n) is 13.0. The standard InChI is InChI=1S/C59H36N4S/c1-3-17-37(18-4-1)56-61-57(38-19-5-2-6-20-38)63-58(62-56)42-24-16-22-40(34-42)39-21-15-23-41(33-39)55-47-36-54-51(35-46(47)45-27-9-13-31-52(45)60-55)59(50-30-12-14-32-53(50)64-54)48-28-10-7-25-43(48)44-26-8-11-29-49(44)59/h1-36H. The van der Waals surface area contributed by atoms with Crippen LogP contribution in [-0.4, -0.2) is 19.9 Å². The second kappa shape index (κ2) is 14.6. The van der Waals surface area contributed by atoms with E-state index in [2.05, 4.69) is 158 Å². The van der Waals surface area contributed by atoms with Gasteiger partial charge in [-0.15, -0.1) is 0 Å². The van der Waals surface area contributed by atoms with Gasteiger partial charge in [0.2, 0.25) is 0 Å². The van der Waals surface area contributed by atoms with Crippen LogP contribution in [0.2, 0.25) is 0 Å². The summed E-state index contributed by atoms with van der Waals surface area (Å²) in [4.78, 5) is 23.0. The van der Waals surface area contributed by atoms with Gasteiger partial charge in [-0.2, -0.15) is 0 Å². The Hall–Kier alpha value is -7.99. The van der Waals surface area contributed by atoms with Crippen LogP contribution >= 0.6 is 11.8 Å². The van der Waals surface area contributed by atoms with Gasteiger partial charge in [0.05, 0.1) is 16.6 Å². The van der Waals surface area contributed by atoms with Gasteiger partial charge in [-0.1, -0.05) is 194 Å². The summed E-state index contributed by atoms with van der Waals surface area (Å²) in [6.45, 7) is 0. The molecule has 3 heterocycles. The van der Waals surface area contributed by atoms with Gasteiger partial charge in [0.25, 0.3) is 0 Å². The predicted octanol–water partition coefficient (Wildman–Crippen LogP) is 14.7. The smallest absolute Gasteiger partial charge is 0.164 e. The van der Waals surface area contributed by atoms with Crippen LogP contribution in [-0.2, 0) is 5.41 Å². The molecule has 298 valence electrons. The lowest BCUT2D eigenvalue weighted by atomic mass is 9.67. The lowest BCUT2D eigenvalue weighted by Crippen LogP contribution is -2.32. The number of fused-ring (bicyclic) bond motifs is 12. The van der Waals surface area contributed by atoms with Crippen molar-refractivity contribution in [2.75, 3.05) is 0 Å². The Balaban J connectivity index is 0.982. The van der Waals surface area contributed by atoms with Crippen LogP contribution in [0, 0.1) is 0 Å². The van der Waals surface area contributed by atoms with Gasteiger partial charge in [0.1, 0.15) is 0 Å². The first-order chi connectivity index (χ1) is 31.7. The van der Waals surface area contributed by atoms with Gasteiger partial charge in [0.15, 0.2) is 17.5 Å². The molecule has 0 unspecified atom stereocenters. The molecule has 11 aromatic rings. The molecule has 4 nitrogen and oxygen atoms in total. The summed E-state index contributed by atoms with van der Waals surface area (Å²) in [6.07, 6.45) is 0. The Kier molecular flexibility index (Phi) is 8.33. The quantitative estimate of drug-likeness (QED) is 0.162. The third-order valence-corrected chi connectivity index (χ3v) is 14.1. The van der Waals surface area contributed by atoms with E-state index in [1.54, 1.807) is 0 Å². The number of hydrogen-bond donors (Lipinski definition) is 0. The van der Waals surface area contributed by atoms with E-state index in [-0.39, 0.29) is 0 Å². The van der Waals surface area contributed by atoms with Crippen LogP contribution in [0.25, 0.3) is 89.4 Å². The van der Waals surface area contributed by atoms with Crippen LogP contribution in [0.1, 0.15) is 22.3 Å². The van der Waals surface area contributed by atoms with Crippen LogP contribution in [0.5, 0.6) is 0 Å². The molecule has 0 amide bonds. The molecule has 64 heavy (non-hydrogen) atoms. The van der Waals surface area contributed by atoms with E-state index in [1.165, 1.54) is 48.6 Å². The molecular weight excluding hydrogens is 797 g/mol. The lowest BCUT2D eigenvalue weighted by Gasteiger charge is -2.40. The SMILES string of the molecule is c1ccc(-c2nc(-c3ccccc3)nc(-c3cccc(-c4cccc(-c5nc6ccccc6c6cc7c(cc56)Sc5ccccc5C75c6ccccc6-c6ccccc65)c4)c3)n2)cc1. The summed E-state index contributed by atoms with van der Waals surface area (Å²) in [5.41, 5.74) is 15.4. The van der Waals surface area contributed by atoms with E-state index in [4.69, 9.17) is 19.9 Å². The van der Waals surface area contributed by atoms with E-state index >= 15 is 0 Å². The summed E-state index contributed by atoms with van der Waals surface area (Å²) in [7, 11) is 0. The van der Waals surface area contributed by atoms with Crippen molar-refractivity contribution >= 4 is 33.4 Å². The van der Waals surface area contributed by atoms with Gasteiger partial charge < -0.3 is 0 Å². The van der Waals surface area contributed by atoms with E-state index in [0.717, 1.165) is 55.4 Å². The van der Waals surface area contributed by atoms with Crippen LogP contribution in [0.15, 0.2) is 228 Å². The van der Waals surface area contributed by atoms with Gasteiger partial charge in [-0.05, 0) is 86.3 Å². The fourth-order valence-corrected chi connectivity index (χ4v) is 11.4. The maximum Gasteiger partial charge on any atom is 0.164 e. The molecule has 1 aliphatic heterocycles. The molecule has 0 saturated heterocycles. The summed E-state index contributed by atoms with van der Waals surface area (Å²) >= 11 is 1.87. The Morgan fingerprint density at radius 3 is 1.47 bits per heavy atom. The molecule has 0 N–H and O–H groups in total. The second-order valence-corrected chi connectivity index (χ2v) is 17.6. The minimum Gasteiger partial charge on any atom is -0.247 e. The molecule has 13 rings (SSSR count). The average Bonchev–Trinajstić information content (AvgIpc) is 3.66. The number of pyridine rings is 1. The Morgan fingerprint density at radius 1 is 0.297 bits per heavy atom. The zero-order valence-electron chi connectivity index (χ0n) is 34.5. The van der Waals surface area contributed by atoms with Crippen molar-refractivity contribution in [2.45, 2.75) is 15.2 Å². The van der Waals surface area contributed by atoms with E-state index in [1.807, 2.05) is 72.4 Å². The zero-order valence-corrected chi connectivity index (χ0v) is 35.3. The second-order valence-electron chi connectivity index (χ2n) is 16.5. The predicted molar refractivity (Wildman–Crippen MR) is 261 cm³/mol. The molecule has 0 fully saturated rings. The minimum absolute atomic E-state index is 0.462. The zero-order chi connectivity index (χ0) is 42.2. The van der Waals surface area contributed by atoms with Crippen molar-refractivity contribution in [3.8, 4) is 67.7 Å². The minimum atomic E-state index is -0.462. The fourth-order valence-electron chi connectivity index (χ4n) is 10.1. The van der Waals surface area contributed by atoms with Crippen molar-refractivity contribution in [1.82, 2.24) is 19.9 Å². The highest BCUT2D eigenvalue weighted by atomic mass is 32.2. The number of rotatable bonds is 5. The largest absolute Gasteiger partial charge is 0.247 e. The number of hydrogen-bond acceptors (Lipinski definition) is 5. The summed E-state index contributed by atoms with van der Waals surface area (Å²) in [5.74, 6) is 1.91. The molecule has 0 atom stereocenters. The molecule has 1 spiro atoms. The highest BCUT2D eigenvalue weighted by Crippen LogP contribution is 2.62. The van der Waals surface area contributed by atoms with Crippen molar-refractivity contribution in [2.24, 2.45) is 0 Å². The molecule has 0 bridgehead atoms. The monoisotopic (exact) mass is 832 g/mol. The number of para-hydroxylation sites is 1. The molecular formula is C59H36N4S. The molecule has 0 saturated carbocycles. The van der Waals surface area contributed by atoms with E-state index < -0.39 is 5.41 Å². The summed E-state index contributed by atoms with van der Waals surface area (Å²) in [6, 6.07) is 78.1. The van der Waals surface area contributed by atoms with Gasteiger partial charge >= 0.3 is 0 Å². The normalized spacial score (nSPS) is 13.1. The van der Waals surface area contributed by atoms with Crippen molar-refractivity contribution < 1.29 is 0 Å². The Bertz CT molecular complexity index is 3560. The first-order valence-corrected chi connectivity index (χ1v) is 22.4. The van der Waals surface area contributed by atoms with Crippen molar-refractivity contribution in [1.29, 1.82) is 0 Å². The average molecular weight is 833 g/mol. The van der Waals surface area contributed by atoms with Gasteiger partial charge in [-0.25, -0.2) is 19.9 Å². The lowest BCUT2D eigenvalue weighted by molar-refractivity contribution is 0.724. The van der Waals surface area contributed by atoms with Crippen LogP contribution in [0.3, 0.4) is 0 Å². The number of nitrogens with zero attached hydrogens (tertiary/aromatic N) is 4. The molecule has 2 aliphatic rings. The molecule has 0 radical (unpaired) electrons. The summed E-state index contributed by atoms with van der Waals surface area (Å²) in [5, 5.41) is 3.48. The van der Waals surface area contributed by atoms with Gasteiger partial charge in [-0.3, -0.25) is 0 Å². The maximum absolute atomic E-state index is 5.47. The van der Waals surface area contributed by atoms with Crippen molar-refractivity contribution in [3.05, 3.63) is 241 Å². The fraction of sp³-hybridized carbons (Fsp3) is 0.0169. The highest BCUT2D eigenvalue weighted by Gasteiger charge is 2.50.